The van der Waals surface area contributed by atoms with Crippen LogP contribution in [0.25, 0.3) is 16.6 Å². The Labute approximate surface area is 273 Å². The van der Waals surface area contributed by atoms with Crippen molar-refractivity contribution in [3.05, 3.63) is 30.0 Å². The molecule has 0 N–H and O–H groups in total. The number of pyridine rings is 1. The van der Waals surface area contributed by atoms with Crippen molar-refractivity contribution in [2.45, 2.75) is 136 Å². The van der Waals surface area contributed by atoms with Gasteiger partial charge in [-0.15, -0.1) is 0 Å². The highest BCUT2D eigenvalue weighted by Gasteiger charge is 2.51. The second-order valence-electron chi connectivity index (χ2n) is 16.0. The number of methoxy groups -OCH3 is 1. The molecule has 0 bridgehead atoms. The van der Waals surface area contributed by atoms with Crippen molar-refractivity contribution in [1.82, 2.24) is 14.1 Å². The molecule has 0 unspecified atom stereocenters. The Morgan fingerprint density at radius 3 is 2.02 bits per heavy atom. The Morgan fingerprint density at radius 1 is 1.02 bits per heavy atom. The number of piperidine rings is 1. The van der Waals surface area contributed by atoms with Crippen molar-refractivity contribution < 1.29 is 23.6 Å². The van der Waals surface area contributed by atoms with Gasteiger partial charge in [-0.25, -0.2) is 9.78 Å². The first-order chi connectivity index (χ1) is 20.8. The number of likely N-dealkylation sites (tertiary alicyclic amines) is 1. The van der Waals surface area contributed by atoms with Crippen LogP contribution in [0.2, 0.25) is 16.6 Å². The maximum Gasteiger partial charge on any atom is 0.487 e. The molecule has 2 aliphatic rings. The van der Waals surface area contributed by atoms with E-state index in [4.69, 9.17) is 23.8 Å². The highest BCUT2D eigenvalue weighted by Crippen LogP contribution is 2.47. The Hall–Kier alpha value is -2.30. The van der Waals surface area contributed by atoms with Crippen molar-refractivity contribution >= 4 is 38.1 Å². The number of allylic oxidation sites excluding steroid dienone is 1. The van der Waals surface area contributed by atoms with Crippen molar-refractivity contribution in [1.29, 1.82) is 0 Å². The Morgan fingerprint density at radius 2 is 1.56 bits per heavy atom. The number of hydrogen-bond acceptors (Lipinski definition) is 6. The molecule has 4 heterocycles. The van der Waals surface area contributed by atoms with Gasteiger partial charge in [0.05, 0.1) is 24.5 Å². The topological polar surface area (TPSA) is 75.1 Å². The number of nitrogens with zero attached hydrogens (tertiary/aromatic N) is 3. The van der Waals surface area contributed by atoms with E-state index in [-0.39, 0.29) is 12.0 Å². The summed E-state index contributed by atoms with van der Waals surface area (Å²) in [5.41, 5.74) is 3.32. The minimum absolute atomic E-state index is 0.160. The lowest BCUT2D eigenvalue weighted by Gasteiger charge is -2.44. The van der Waals surface area contributed by atoms with E-state index in [1.807, 2.05) is 31.9 Å². The van der Waals surface area contributed by atoms with Crippen LogP contribution < -0.4 is 4.74 Å². The predicted octanol–water partition coefficient (Wildman–Crippen LogP) is 8.73. The van der Waals surface area contributed by atoms with Gasteiger partial charge in [0.15, 0.2) is 8.24 Å². The second-order valence-corrected chi connectivity index (χ2v) is 21.7. The molecular weight excluding hydrogens is 581 g/mol. The molecule has 2 aromatic rings. The zero-order valence-corrected chi connectivity index (χ0v) is 31.4. The van der Waals surface area contributed by atoms with Gasteiger partial charge in [0.25, 0.3) is 0 Å². The molecule has 45 heavy (non-hydrogen) atoms. The summed E-state index contributed by atoms with van der Waals surface area (Å²) in [4.78, 5) is 19.8. The standard InChI is InChI=1S/C35H58BN3O5Si/c1-23(2)45(24(3)4,25(5)6)39-20-17-27-30(29(41-14)22-37-31(27)39)28(21-36-43-34(10,11)35(12,13)44-36)26-15-18-38(19-16-26)32(40)42-33(7,8)9/h17,20-26H,15-16,18-19H2,1-14H3/b28-21-. The highest BCUT2D eigenvalue weighted by atomic mass is 28.3. The molecule has 2 fully saturated rings. The Bertz CT molecular complexity index is 1360. The minimum atomic E-state index is -2.07. The fraction of sp³-hybridized carbons (Fsp3) is 0.714. The lowest BCUT2D eigenvalue weighted by atomic mass is 9.76. The van der Waals surface area contributed by atoms with Crippen LogP contribution in [-0.2, 0) is 14.0 Å². The van der Waals surface area contributed by atoms with Gasteiger partial charge in [0, 0.05) is 24.0 Å². The van der Waals surface area contributed by atoms with Crippen LogP contribution in [0.15, 0.2) is 24.4 Å². The van der Waals surface area contributed by atoms with E-state index in [2.05, 4.69) is 91.7 Å². The molecule has 1 amide bonds. The molecule has 2 aromatic heterocycles. The van der Waals surface area contributed by atoms with Gasteiger partial charge in [0.1, 0.15) is 17.0 Å². The number of ether oxygens (including phenoxy) is 2. The predicted molar refractivity (Wildman–Crippen MR) is 187 cm³/mol. The number of hydrogen-bond donors (Lipinski definition) is 0. The van der Waals surface area contributed by atoms with E-state index in [9.17, 15) is 4.79 Å². The van der Waals surface area contributed by atoms with Crippen LogP contribution in [0, 0.1) is 5.92 Å². The number of rotatable bonds is 8. The third-order valence-electron chi connectivity index (χ3n) is 10.6. The van der Waals surface area contributed by atoms with Gasteiger partial charge in [0.2, 0.25) is 0 Å². The molecule has 0 spiro atoms. The molecule has 2 aliphatic heterocycles. The van der Waals surface area contributed by atoms with E-state index in [0.717, 1.165) is 40.8 Å². The molecule has 0 aliphatic carbocycles. The molecule has 8 nitrogen and oxygen atoms in total. The van der Waals surface area contributed by atoms with Gasteiger partial charge < -0.3 is 27.9 Å². The van der Waals surface area contributed by atoms with Crippen LogP contribution in [0.3, 0.4) is 0 Å². The van der Waals surface area contributed by atoms with Crippen LogP contribution in [-0.4, -0.2) is 72.6 Å². The SMILES string of the molecule is COc1cnc2c(ccn2[Si](C(C)C)(C(C)C)C(C)C)c1/C(=C\B1OC(C)(C)C(C)(C)O1)C1CCN(C(=O)OC(C)(C)C)CC1. The number of carbonyl (C=O) groups is 1. The van der Waals surface area contributed by atoms with E-state index >= 15 is 0 Å². The van der Waals surface area contributed by atoms with E-state index in [1.54, 1.807) is 7.11 Å². The van der Waals surface area contributed by atoms with Crippen LogP contribution in [0.4, 0.5) is 4.79 Å². The molecule has 0 aromatic carbocycles. The summed E-state index contributed by atoms with van der Waals surface area (Å²) in [5, 5.41) is 1.09. The van der Waals surface area contributed by atoms with Crippen LogP contribution in [0.5, 0.6) is 5.75 Å². The first kappa shape index (κ1) is 35.6. The van der Waals surface area contributed by atoms with E-state index in [1.165, 1.54) is 0 Å². The summed E-state index contributed by atoms with van der Waals surface area (Å²) < 4.78 is 27.4. The lowest BCUT2D eigenvalue weighted by Crippen LogP contribution is -2.51. The van der Waals surface area contributed by atoms with Crippen molar-refractivity contribution in [2.24, 2.45) is 5.92 Å². The van der Waals surface area contributed by atoms with Crippen LogP contribution in [0.1, 0.15) is 108 Å². The first-order valence-corrected chi connectivity index (χ1v) is 19.0. The fourth-order valence-corrected chi connectivity index (χ4v) is 14.4. The Kier molecular flexibility index (Phi) is 10.0. The summed E-state index contributed by atoms with van der Waals surface area (Å²) in [6, 6.07) is 2.24. The van der Waals surface area contributed by atoms with Gasteiger partial charge in [-0.2, -0.15) is 0 Å². The number of fused-ring (bicyclic) bond motifs is 1. The number of carbonyl (C=O) groups excluding carboxylic acids is 1. The van der Waals surface area contributed by atoms with Gasteiger partial charge >= 0.3 is 13.2 Å². The number of amides is 1. The van der Waals surface area contributed by atoms with E-state index < -0.39 is 32.2 Å². The third-order valence-corrected chi connectivity index (χ3v) is 17.3. The zero-order chi connectivity index (χ0) is 33.7. The molecule has 0 saturated carbocycles. The molecule has 4 rings (SSSR count). The van der Waals surface area contributed by atoms with E-state index in [0.29, 0.717) is 29.7 Å². The lowest BCUT2D eigenvalue weighted by molar-refractivity contribution is 0.00578. The molecule has 250 valence electrons. The third kappa shape index (κ3) is 6.61. The Balaban J connectivity index is 1.87. The second kappa shape index (κ2) is 12.7. The molecule has 10 heteroatoms. The average Bonchev–Trinajstić information content (AvgIpc) is 3.42. The first-order valence-electron chi connectivity index (χ1n) is 16.9. The number of aromatic nitrogens is 2. The normalized spacial score (nSPS) is 19.8. The summed E-state index contributed by atoms with van der Waals surface area (Å²) in [6.45, 7) is 29.6. The van der Waals surface area contributed by atoms with Gasteiger partial charge in [-0.1, -0.05) is 47.5 Å². The maximum atomic E-state index is 12.9. The molecule has 0 atom stereocenters. The summed E-state index contributed by atoms with van der Waals surface area (Å²) in [6.07, 6.45) is 5.50. The summed E-state index contributed by atoms with van der Waals surface area (Å²) in [7, 11) is -0.866. The fourth-order valence-electron chi connectivity index (χ4n) is 7.89. The van der Waals surface area contributed by atoms with Crippen molar-refractivity contribution in [3.63, 3.8) is 0 Å². The molecule has 2 saturated heterocycles. The largest absolute Gasteiger partial charge is 0.494 e. The van der Waals surface area contributed by atoms with Crippen molar-refractivity contribution in [2.75, 3.05) is 20.2 Å². The summed E-state index contributed by atoms with van der Waals surface area (Å²) >= 11 is 0. The van der Waals surface area contributed by atoms with Gasteiger partial charge in [-0.05, 0) is 102 Å². The minimum Gasteiger partial charge on any atom is -0.494 e. The van der Waals surface area contributed by atoms with Crippen molar-refractivity contribution in [3.8, 4) is 5.75 Å². The van der Waals surface area contributed by atoms with Crippen LogP contribution >= 0.6 is 0 Å². The monoisotopic (exact) mass is 639 g/mol. The molecular formula is C35H58BN3O5Si. The summed E-state index contributed by atoms with van der Waals surface area (Å²) in [5.74, 6) is 3.06. The maximum absolute atomic E-state index is 12.9. The zero-order valence-electron chi connectivity index (χ0n) is 30.4. The quantitative estimate of drug-likeness (QED) is 0.269. The average molecular weight is 640 g/mol. The highest BCUT2D eigenvalue weighted by molar-refractivity contribution is 6.82. The van der Waals surface area contributed by atoms with Gasteiger partial charge in [-0.3, -0.25) is 0 Å². The molecule has 0 radical (unpaired) electrons. The smallest absolute Gasteiger partial charge is 0.487 e.